The monoisotopic (exact) mass is 550 g/mol. The summed E-state index contributed by atoms with van der Waals surface area (Å²) in [6, 6.07) is 11.5. The van der Waals surface area contributed by atoms with Crippen molar-refractivity contribution in [1.29, 1.82) is 0 Å². The SMILES string of the molecule is Cn1nc(C(F)(F)F)cc1-c1cccc(CNC(=O)[C@@H]2CCCN2S(=O)(=O)c2cc3cc(F)ccc3o2)c1. The molecule has 0 unspecified atom stereocenters. The van der Waals surface area contributed by atoms with Gasteiger partial charge in [0.05, 0.1) is 5.69 Å². The van der Waals surface area contributed by atoms with Crippen molar-refractivity contribution in [2.75, 3.05) is 6.54 Å². The summed E-state index contributed by atoms with van der Waals surface area (Å²) >= 11 is 0. The van der Waals surface area contributed by atoms with E-state index in [0.29, 0.717) is 29.4 Å². The average Bonchev–Trinajstić information content (AvgIpc) is 3.60. The number of nitrogens with zero attached hydrogens (tertiary/aromatic N) is 3. The van der Waals surface area contributed by atoms with E-state index in [9.17, 15) is 30.8 Å². The smallest absolute Gasteiger partial charge is 0.435 e. The Hall–Kier alpha value is -3.71. The first-order valence-electron chi connectivity index (χ1n) is 11.6. The van der Waals surface area contributed by atoms with Gasteiger partial charge in [-0.15, -0.1) is 0 Å². The van der Waals surface area contributed by atoms with Gasteiger partial charge in [0.15, 0.2) is 5.69 Å². The lowest BCUT2D eigenvalue weighted by Crippen LogP contribution is -2.45. The highest BCUT2D eigenvalue weighted by molar-refractivity contribution is 7.89. The molecule has 38 heavy (non-hydrogen) atoms. The highest BCUT2D eigenvalue weighted by atomic mass is 32.2. The summed E-state index contributed by atoms with van der Waals surface area (Å²) in [6.07, 6.45) is -3.81. The van der Waals surface area contributed by atoms with Gasteiger partial charge in [-0.25, -0.2) is 12.8 Å². The van der Waals surface area contributed by atoms with Crippen molar-refractivity contribution >= 4 is 26.9 Å². The molecule has 1 N–H and O–H groups in total. The highest BCUT2D eigenvalue weighted by Gasteiger charge is 2.41. The summed E-state index contributed by atoms with van der Waals surface area (Å²) in [5.41, 5.74) is 0.543. The van der Waals surface area contributed by atoms with Gasteiger partial charge >= 0.3 is 6.18 Å². The fourth-order valence-corrected chi connectivity index (χ4v) is 6.15. The lowest BCUT2D eigenvalue weighted by atomic mass is 10.1. The van der Waals surface area contributed by atoms with Crippen LogP contribution in [0.4, 0.5) is 17.6 Å². The normalized spacial score (nSPS) is 16.8. The van der Waals surface area contributed by atoms with Crippen LogP contribution in [-0.2, 0) is 34.6 Å². The molecule has 1 amide bonds. The van der Waals surface area contributed by atoms with Crippen LogP contribution in [0.3, 0.4) is 0 Å². The molecule has 8 nitrogen and oxygen atoms in total. The number of aryl methyl sites for hydroxylation is 1. The molecule has 4 aromatic rings. The second-order valence-electron chi connectivity index (χ2n) is 8.98. The number of hydrogen-bond donors (Lipinski definition) is 1. The first-order valence-corrected chi connectivity index (χ1v) is 13.1. The first kappa shape index (κ1) is 25.9. The number of carbonyl (C=O) groups excluding carboxylic acids is 1. The van der Waals surface area contributed by atoms with Crippen LogP contribution in [0, 0.1) is 5.82 Å². The average molecular weight is 551 g/mol. The summed E-state index contributed by atoms with van der Waals surface area (Å²) in [4.78, 5) is 13.0. The molecule has 0 spiro atoms. The lowest BCUT2D eigenvalue weighted by Gasteiger charge is -2.22. The minimum Gasteiger partial charge on any atom is -0.443 e. The molecule has 1 atom stereocenters. The number of amides is 1. The molecular formula is C25H22F4N4O4S. The third-order valence-corrected chi connectivity index (χ3v) is 8.15. The molecule has 2 aromatic carbocycles. The Balaban J connectivity index is 1.31. The molecule has 0 saturated carbocycles. The molecule has 1 aliphatic heterocycles. The van der Waals surface area contributed by atoms with Crippen LogP contribution in [0.15, 0.2) is 64.1 Å². The maximum atomic E-state index is 13.5. The number of furan rings is 1. The molecule has 1 saturated heterocycles. The number of aromatic nitrogens is 2. The van der Waals surface area contributed by atoms with Crippen LogP contribution in [0.5, 0.6) is 0 Å². The van der Waals surface area contributed by atoms with E-state index in [4.69, 9.17) is 4.42 Å². The largest absolute Gasteiger partial charge is 0.443 e. The van der Waals surface area contributed by atoms with Crippen molar-refractivity contribution < 1.29 is 35.2 Å². The Labute approximate surface area is 214 Å². The maximum Gasteiger partial charge on any atom is 0.435 e. The molecule has 0 radical (unpaired) electrons. The molecule has 0 bridgehead atoms. The van der Waals surface area contributed by atoms with Crippen LogP contribution in [-0.4, -0.2) is 41.0 Å². The maximum absolute atomic E-state index is 13.5. The van der Waals surface area contributed by atoms with Gasteiger partial charge in [-0.05, 0) is 48.7 Å². The fourth-order valence-electron chi connectivity index (χ4n) is 4.55. The minimum absolute atomic E-state index is 0.0327. The summed E-state index contributed by atoms with van der Waals surface area (Å²) in [6.45, 7) is 0.147. The standard InChI is InChI=1S/C25H22F4N4O4S/c1-32-20(13-22(31-32)25(27,28)29)16-5-2-4-15(10-16)14-30-24(34)19-6-3-9-33(19)38(35,36)23-12-17-11-18(26)7-8-21(17)37-23/h2,4-5,7-8,10-13,19H,3,6,9,14H2,1H3,(H,30,34)/t19-/m0/s1. The Morgan fingerprint density at radius 1 is 1.16 bits per heavy atom. The molecule has 5 rings (SSSR count). The van der Waals surface area contributed by atoms with E-state index in [1.165, 1.54) is 19.2 Å². The number of nitrogens with one attached hydrogen (secondary N) is 1. The van der Waals surface area contributed by atoms with E-state index < -0.39 is 39.7 Å². The zero-order valence-corrected chi connectivity index (χ0v) is 20.8. The Morgan fingerprint density at radius 3 is 2.68 bits per heavy atom. The van der Waals surface area contributed by atoms with E-state index in [-0.39, 0.29) is 29.5 Å². The summed E-state index contributed by atoms with van der Waals surface area (Å²) < 4.78 is 86.8. The zero-order chi connectivity index (χ0) is 27.2. The lowest BCUT2D eigenvalue weighted by molar-refractivity contribution is -0.141. The van der Waals surface area contributed by atoms with Gasteiger partial charge in [0.25, 0.3) is 10.0 Å². The number of hydrogen-bond acceptors (Lipinski definition) is 5. The van der Waals surface area contributed by atoms with Crippen molar-refractivity contribution in [3.05, 3.63) is 71.7 Å². The van der Waals surface area contributed by atoms with Crippen LogP contribution >= 0.6 is 0 Å². The third-order valence-electron chi connectivity index (χ3n) is 6.38. The van der Waals surface area contributed by atoms with Crippen LogP contribution in [0.2, 0.25) is 0 Å². The van der Waals surface area contributed by atoms with Gasteiger partial charge in [-0.2, -0.15) is 22.6 Å². The van der Waals surface area contributed by atoms with Crippen molar-refractivity contribution in [3.8, 4) is 11.3 Å². The minimum atomic E-state index is -4.58. The van der Waals surface area contributed by atoms with Crippen molar-refractivity contribution in [3.63, 3.8) is 0 Å². The van der Waals surface area contributed by atoms with Gasteiger partial charge in [0, 0.05) is 37.2 Å². The molecule has 0 aliphatic carbocycles. The van der Waals surface area contributed by atoms with E-state index in [1.807, 2.05) is 0 Å². The summed E-state index contributed by atoms with van der Waals surface area (Å²) in [7, 11) is -2.76. The number of benzene rings is 2. The zero-order valence-electron chi connectivity index (χ0n) is 20.0. The second-order valence-corrected chi connectivity index (χ2v) is 10.8. The summed E-state index contributed by atoms with van der Waals surface area (Å²) in [5.74, 6) is -1.05. The number of rotatable bonds is 6. The van der Waals surface area contributed by atoms with Gasteiger partial charge in [-0.1, -0.05) is 18.2 Å². The molecule has 3 heterocycles. The third kappa shape index (κ3) is 4.90. The van der Waals surface area contributed by atoms with Gasteiger partial charge in [0.2, 0.25) is 11.0 Å². The molecular weight excluding hydrogens is 528 g/mol. The number of alkyl halides is 3. The van der Waals surface area contributed by atoms with Crippen LogP contribution in [0.1, 0.15) is 24.1 Å². The fraction of sp³-hybridized carbons (Fsp3) is 0.280. The highest BCUT2D eigenvalue weighted by Crippen LogP contribution is 2.32. The number of carbonyl (C=O) groups is 1. The van der Waals surface area contributed by atoms with E-state index in [2.05, 4.69) is 10.4 Å². The molecule has 2 aromatic heterocycles. The summed E-state index contributed by atoms with van der Waals surface area (Å²) in [5, 5.41) is 6.16. The van der Waals surface area contributed by atoms with E-state index in [0.717, 1.165) is 27.2 Å². The predicted molar refractivity (Wildman–Crippen MR) is 129 cm³/mol. The van der Waals surface area contributed by atoms with E-state index in [1.54, 1.807) is 24.3 Å². The van der Waals surface area contributed by atoms with Crippen molar-refractivity contribution in [2.24, 2.45) is 7.05 Å². The predicted octanol–water partition coefficient (Wildman–Crippen LogP) is 4.46. The Bertz CT molecular complexity index is 1630. The van der Waals surface area contributed by atoms with E-state index >= 15 is 0 Å². The van der Waals surface area contributed by atoms with Gasteiger partial charge in [-0.3, -0.25) is 9.48 Å². The molecule has 200 valence electrons. The molecule has 1 aliphatic rings. The van der Waals surface area contributed by atoms with Gasteiger partial charge < -0.3 is 9.73 Å². The quantitative estimate of drug-likeness (QED) is 0.358. The van der Waals surface area contributed by atoms with Crippen LogP contribution in [0.25, 0.3) is 22.2 Å². The van der Waals surface area contributed by atoms with Crippen molar-refractivity contribution in [2.45, 2.75) is 36.7 Å². The molecule has 13 heteroatoms. The number of fused-ring (bicyclic) bond motifs is 1. The van der Waals surface area contributed by atoms with Gasteiger partial charge in [0.1, 0.15) is 17.4 Å². The Morgan fingerprint density at radius 2 is 1.95 bits per heavy atom. The Kier molecular flexibility index (Phi) is 6.51. The first-order chi connectivity index (χ1) is 17.9. The van der Waals surface area contributed by atoms with Crippen molar-refractivity contribution in [1.82, 2.24) is 19.4 Å². The second kappa shape index (κ2) is 9.55. The number of sulfonamides is 1. The topological polar surface area (TPSA) is 97.4 Å². The van der Waals surface area contributed by atoms with Crippen LogP contribution < -0.4 is 5.32 Å². The number of halogens is 4. The molecule has 1 fully saturated rings.